The summed E-state index contributed by atoms with van der Waals surface area (Å²) in [5.74, 6) is -0.00797. The molecule has 1 aliphatic carbocycles. The molecule has 6 heteroatoms. The largest absolute Gasteiger partial charge is 0.409 e. The number of benzene rings is 1. The third-order valence-electron chi connectivity index (χ3n) is 3.94. The normalized spacial score (nSPS) is 18.2. The fourth-order valence-corrected chi connectivity index (χ4v) is 3.29. The van der Waals surface area contributed by atoms with Crippen molar-refractivity contribution in [2.24, 2.45) is 10.9 Å². The van der Waals surface area contributed by atoms with Gasteiger partial charge in [0.2, 0.25) is 5.91 Å². The summed E-state index contributed by atoms with van der Waals surface area (Å²) in [5.41, 5.74) is 6.05. The Kier molecular flexibility index (Phi) is 5.22. The Labute approximate surface area is 132 Å². The zero-order chi connectivity index (χ0) is 15.3. The van der Waals surface area contributed by atoms with Crippen molar-refractivity contribution >= 4 is 27.7 Å². The lowest BCUT2D eigenvalue weighted by Crippen LogP contribution is -2.58. The summed E-state index contributed by atoms with van der Waals surface area (Å²) >= 11 is 3.39. The molecule has 0 aliphatic heterocycles. The minimum Gasteiger partial charge on any atom is -0.409 e. The van der Waals surface area contributed by atoms with Crippen molar-refractivity contribution in [3.05, 3.63) is 34.3 Å². The van der Waals surface area contributed by atoms with E-state index in [-0.39, 0.29) is 18.2 Å². The first-order chi connectivity index (χ1) is 10.1. The van der Waals surface area contributed by atoms with Gasteiger partial charge < -0.3 is 16.3 Å². The Morgan fingerprint density at radius 1 is 1.38 bits per heavy atom. The van der Waals surface area contributed by atoms with Crippen LogP contribution < -0.4 is 11.1 Å². The van der Waals surface area contributed by atoms with Gasteiger partial charge in [0.1, 0.15) is 5.54 Å². The van der Waals surface area contributed by atoms with Crippen LogP contribution in [0.3, 0.4) is 0 Å². The Bertz CT molecular complexity index is 539. The first-order valence-electron chi connectivity index (χ1n) is 7.09. The van der Waals surface area contributed by atoms with Crippen LogP contribution in [0.25, 0.3) is 0 Å². The van der Waals surface area contributed by atoms with Crippen molar-refractivity contribution in [2.45, 2.75) is 44.1 Å². The van der Waals surface area contributed by atoms with Gasteiger partial charge >= 0.3 is 0 Å². The molecular weight excluding hydrogens is 334 g/mol. The highest BCUT2D eigenvalue weighted by atomic mass is 79.9. The fourth-order valence-electron chi connectivity index (χ4n) is 2.84. The van der Waals surface area contributed by atoms with Crippen LogP contribution in [-0.2, 0) is 11.2 Å². The molecule has 1 fully saturated rings. The summed E-state index contributed by atoms with van der Waals surface area (Å²) in [6.07, 6.45) is 4.75. The lowest BCUT2D eigenvalue weighted by Gasteiger charge is -2.36. The molecule has 0 bridgehead atoms. The number of nitrogens with zero attached hydrogens (tertiary/aromatic N) is 1. The maximum atomic E-state index is 12.3. The highest BCUT2D eigenvalue weighted by Gasteiger charge is 2.37. The number of hydrogen-bond acceptors (Lipinski definition) is 3. The van der Waals surface area contributed by atoms with Gasteiger partial charge in [0, 0.05) is 4.47 Å². The molecule has 114 valence electrons. The molecular formula is C15H20BrN3O2. The summed E-state index contributed by atoms with van der Waals surface area (Å²) < 4.78 is 0.941. The average molecular weight is 354 g/mol. The number of hydrogen-bond donors (Lipinski definition) is 3. The predicted molar refractivity (Wildman–Crippen MR) is 85.2 cm³/mol. The molecule has 0 atom stereocenters. The van der Waals surface area contributed by atoms with E-state index >= 15 is 0 Å². The van der Waals surface area contributed by atoms with Crippen molar-refractivity contribution in [3.63, 3.8) is 0 Å². The van der Waals surface area contributed by atoms with Crippen LogP contribution in [0.15, 0.2) is 33.9 Å². The van der Waals surface area contributed by atoms with Gasteiger partial charge in [0.15, 0.2) is 5.84 Å². The number of carbonyl (C=O) groups excluding carboxylic acids is 1. The third kappa shape index (κ3) is 3.97. The van der Waals surface area contributed by atoms with E-state index in [2.05, 4.69) is 26.4 Å². The molecule has 0 aromatic heterocycles. The Morgan fingerprint density at radius 2 is 2.10 bits per heavy atom. The molecule has 0 radical (unpaired) electrons. The zero-order valence-corrected chi connectivity index (χ0v) is 13.4. The monoisotopic (exact) mass is 353 g/mol. The van der Waals surface area contributed by atoms with Gasteiger partial charge in [-0.2, -0.15) is 0 Å². The number of nitrogens with one attached hydrogen (secondary N) is 1. The second kappa shape index (κ2) is 6.93. The molecule has 1 aromatic carbocycles. The molecule has 0 spiro atoms. The van der Waals surface area contributed by atoms with Crippen molar-refractivity contribution in [3.8, 4) is 0 Å². The first-order valence-corrected chi connectivity index (χ1v) is 7.88. The minimum absolute atomic E-state index is 0.102. The van der Waals surface area contributed by atoms with Gasteiger partial charge in [-0.05, 0) is 30.5 Å². The number of nitrogens with two attached hydrogens (primary N) is 1. The van der Waals surface area contributed by atoms with Crippen LogP contribution in [0.2, 0.25) is 0 Å². The van der Waals surface area contributed by atoms with Crippen LogP contribution in [0.1, 0.15) is 37.7 Å². The lowest BCUT2D eigenvalue weighted by molar-refractivity contribution is -0.122. The number of carbonyl (C=O) groups is 1. The number of amidine groups is 1. The number of amides is 1. The topological polar surface area (TPSA) is 87.7 Å². The van der Waals surface area contributed by atoms with E-state index < -0.39 is 5.54 Å². The maximum Gasteiger partial charge on any atom is 0.225 e. The third-order valence-corrected chi connectivity index (χ3v) is 4.43. The molecule has 5 nitrogen and oxygen atoms in total. The van der Waals surface area contributed by atoms with Crippen molar-refractivity contribution in [2.75, 3.05) is 0 Å². The second-order valence-electron chi connectivity index (χ2n) is 5.48. The summed E-state index contributed by atoms with van der Waals surface area (Å²) in [7, 11) is 0. The Morgan fingerprint density at radius 3 is 2.71 bits per heavy atom. The molecule has 1 saturated carbocycles. The number of oxime groups is 1. The van der Waals surface area contributed by atoms with Gasteiger partial charge in [-0.25, -0.2) is 0 Å². The van der Waals surface area contributed by atoms with Crippen LogP contribution in [0, 0.1) is 0 Å². The molecule has 1 aromatic rings. The number of rotatable bonds is 4. The molecule has 21 heavy (non-hydrogen) atoms. The number of halogens is 1. The van der Waals surface area contributed by atoms with Crippen LogP contribution >= 0.6 is 15.9 Å². The Balaban J connectivity index is 2.08. The standard InChI is InChI=1S/C15H20BrN3O2/c16-12-6-4-5-11(9-12)10-13(20)18-15(14(17)19-21)7-2-1-3-8-15/h4-6,9,21H,1-3,7-8,10H2,(H2,17,19)(H,18,20). The molecule has 0 unspecified atom stereocenters. The highest BCUT2D eigenvalue weighted by Crippen LogP contribution is 2.28. The van der Waals surface area contributed by atoms with E-state index in [1.807, 2.05) is 24.3 Å². The van der Waals surface area contributed by atoms with Gasteiger partial charge in [-0.3, -0.25) is 4.79 Å². The molecule has 0 saturated heterocycles. The van der Waals surface area contributed by atoms with Crippen LogP contribution in [-0.4, -0.2) is 22.5 Å². The van der Waals surface area contributed by atoms with Crippen LogP contribution in [0.5, 0.6) is 0 Å². The highest BCUT2D eigenvalue weighted by molar-refractivity contribution is 9.10. The second-order valence-corrected chi connectivity index (χ2v) is 6.40. The van der Waals surface area contributed by atoms with E-state index in [0.717, 1.165) is 29.3 Å². The molecule has 1 amide bonds. The quantitative estimate of drug-likeness (QED) is 0.336. The predicted octanol–water partition coefficient (Wildman–Crippen LogP) is 2.56. The van der Waals surface area contributed by atoms with Crippen molar-refractivity contribution in [1.29, 1.82) is 0 Å². The molecule has 0 heterocycles. The van der Waals surface area contributed by atoms with Gasteiger partial charge in [0.05, 0.1) is 6.42 Å². The van der Waals surface area contributed by atoms with E-state index in [1.54, 1.807) is 0 Å². The Hall–Kier alpha value is -1.56. The summed E-state index contributed by atoms with van der Waals surface area (Å²) in [5, 5.41) is 15.1. The van der Waals surface area contributed by atoms with Gasteiger partial charge in [-0.1, -0.05) is 52.5 Å². The SMILES string of the molecule is NC(=NO)C1(NC(=O)Cc2cccc(Br)c2)CCCCC1. The summed E-state index contributed by atoms with van der Waals surface area (Å²) in [6.45, 7) is 0. The lowest BCUT2D eigenvalue weighted by atomic mass is 9.80. The smallest absolute Gasteiger partial charge is 0.225 e. The zero-order valence-electron chi connectivity index (χ0n) is 11.8. The summed E-state index contributed by atoms with van der Waals surface area (Å²) in [6, 6.07) is 7.63. The van der Waals surface area contributed by atoms with Crippen molar-refractivity contribution < 1.29 is 10.0 Å². The molecule has 1 aliphatic rings. The van der Waals surface area contributed by atoms with E-state index in [4.69, 9.17) is 10.9 Å². The fraction of sp³-hybridized carbons (Fsp3) is 0.467. The average Bonchev–Trinajstić information content (AvgIpc) is 2.47. The molecule has 4 N–H and O–H groups in total. The minimum atomic E-state index is -0.698. The van der Waals surface area contributed by atoms with E-state index in [9.17, 15) is 4.79 Å². The first kappa shape index (κ1) is 15.8. The maximum absolute atomic E-state index is 12.3. The summed E-state index contributed by atoms with van der Waals surface area (Å²) in [4.78, 5) is 12.3. The molecule has 2 rings (SSSR count). The van der Waals surface area contributed by atoms with Crippen molar-refractivity contribution in [1.82, 2.24) is 5.32 Å². The van der Waals surface area contributed by atoms with E-state index in [1.165, 1.54) is 0 Å². The van der Waals surface area contributed by atoms with Gasteiger partial charge in [0.25, 0.3) is 0 Å². The van der Waals surface area contributed by atoms with Gasteiger partial charge in [-0.15, -0.1) is 0 Å². The van der Waals surface area contributed by atoms with Crippen LogP contribution in [0.4, 0.5) is 0 Å². The van der Waals surface area contributed by atoms with E-state index in [0.29, 0.717) is 12.8 Å².